The van der Waals surface area contributed by atoms with Gasteiger partial charge in [-0.2, -0.15) is 5.10 Å². The van der Waals surface area contributed by atoms with Gasteiger partial charge in [0.1, 0.15) is 0 Å². The lowest BCUT2D eigenvalue weighted by molar-refractivity contribution is 0.797. The fourth-order valence-electron chi connectivity index (χ4n) is 1.10. The average molecular weight is 169 g/mol. The minimum Gasteiger partial charge on any atom is -0.268 e. The van der Waals surface area contributed by atoms with E-state index in [4.69, 9.17) is 0 Å². The second kappa shape index (κ2) is 2.93. The van der Waals surface area contributed by atoms with Crippen molar-refractivity contribution in [2.75, 3.05) is 0 Å². The van der Waals surface area contributed by atoms with Gasteiger partial charge in [0.2, 0.25) is 0 Å². The molecule has 11 heavy (non-hydrogen) atoms. The van der Waals surface area contributed by atoms with Crippen LogP contribution in [0.2, 0.25) is 0 Å². The maximum atomic E-state index is 4.11. The second-order valence-electron chi connectivity index (χ2n) is 2.33. The molecule has 0 fully saturated rings. The van der Waals surface area contributed by atoms with Crippen LogP contribution < -0.4 is 0 Å². The summed E-state index contributed by atoms with van der Waals surface area (Å²) in [6.45, 7) is 0. The number of benzene rings is 1. The van der Waals surface area contributed by atoms with Crippen molar-refractivity contribution in [3.8, 4) is 0 Å². The fraction of sp³-hybridized carbons (Fsp3) is 0.125. The molecular weight excluding hydrogens is 160 g/mol. The molecule has 2 nitrogen and oxygen atoms in total. The molecular formula is C8H9ClN2. The highest BCUT2D eigenvalue weighted by Gasteiger charge is 1.93. The standard InChI is InChI=1S/C8H8N2.ClH/c1-10-8-5-3-2-4-7(8)6-9-10;/h2-6H,1H3;1H. The minimum atomic E-state index is 0. The van der Waals surface area contributed by atoms with Gasteiger partial charge in [-0.3, -0.25) is 4.68 Å². The number of para-hydroxylation sites is 1. The number of hydrogen-bond donors (Lipinski definition) is 0. The summed E-state index contributed by atoms with van der Waals surface area (Å²) in [5, 5.41) is 5.31. The molecule has 0 bridgehead atoms. The Morgan fingerprint density at radius 1 is 1.27 bits per heavy atom. The summed E-state index contributed by atoms with van der Waals surface area (Å²) in [6, 6.07) is 8.15. The zero-order valence-electron chi connectivity index (χ0n) is 6.19. The Labute approximate surface area is 71.2 Å². The quantitative estimate of drug-likeness (QED) is 0.589. The van der Waals surface area contributed by atoms with Crippen molar-refractivity contribution in [3.05, 3.63) is 30.5 Å². The SMILES string of the molecule is Cl.Cn1ncc2ccccc21. The maximum Gasteiger partial charge on any atom is 0.0679 e. The average Bonchev–Trinajstić information content (AvgIpc) is 2.34. The van der Waals surface area contributed by atoms with Gasteiger partial charge in [0.15, 0.2) is 0 Å². The molecule has 0 saturated heterocycles. The smallest absolute Gasteiger partial charge is 0.0679 e. The number of nitrogens with zero attached hydrogens (tertiary/aromatic N) is 2. The van der Waals surface area contributed by atoms with Crippen LogP contribution in [0.4, 0.5) is 0 Å². The first-order chi connectivity index (χ1) is 4.88. The Kier molecular flexibility index (Phi) is 2.15. The maximum absolute atomic E-state index is 4.11. The number of rotatable bonds is 0. The largest absolute Gasteiger partial charge is 0.268 e. The van der Waals surface area contributed by atoms with E-state index in [1.54, 1.807) is 0 Å². The molecule has 0 aliphatic heterocycles. The Bertz CT molecular complexity index is 354. The summed E-state index contributed by atoms with van der Waals surface area (Å²) < 4.78 is 1.87. The van der Waals surface area contributed by atoms with E-state index in [1.165, 1.54) is 10.9 Å². The van der Waals surface area contributed by atoms with Crippen LogP contribution in [0.25, 0.3) is 10.9 Å². The molecule has 0 aliphatic carbocycles. The second-order valence-corrected chi connectivity index (χ2v) is 2.33. The Morgan fingerprint density at radius 3 is 2.73 bits per heavy atom. The van der Waals surface area contributed by atoms with E-state index in [-0.39, 0.29) is 12.4 Å². The van der Waals surface area contributed by atoms with Crippen molar-refractivity contribution in [1.82, 2.24) is 9.78 Å². The van der Waals surface area contributed by atoms with E-state index in [9.17, 15) is 0 Å². The zero-order valence-corrected chi connectivity index (χ0v) is 7.01. The van der Waals surface area contributed by atoms with E-state index < -0.39 is 0 Å². The molecule has 2 aromatic rings. The first kappa shape index (κ1) is 8.08. The van der Waals surface area contributed by atoms with Crippen LogP contribution in [-0.4, -0.2) is 9.78 Å². The predicted octanol–water partition coefficient (Wildman–Crippen LogP) is 2.00. The Balaban J connectivity index is 0.000000605. The molecule has 0 N–H and O–H groups in total. The molecule has 1 aromatic heterocycles. The Morgan fingerprint density at radius 2 is 2.00 bits per heavy atom. The lowest BCUT2D eigenvalue weighted by Crippen LogP contribution is -1.87. The van der Waals surface area contributed by atoms with Gasteiger partial charge in [0.05, 0.1) is 11.7 Å². The van der Waals surface area contributed by atoms with Crippen LogP contribution >= 0.6 is 12.4 Å². The monoisotopic (exact) mass is 168 g/mol. The first-order valence-corrected chi connectivity index (χ1v) is 3.25. The van der Waals surface area contributed by atoms with Gasteiger partial charge < -0.3 is 0 Å². The third-order valence-corrected chi connectivity index (χ3v) is 1.66. The first-order valence-electron chi connectivity index (χ1n) is 3.25. The van der Waals surface area contributed by atoms with Crippen molar-refractivity contribution >= 4 is 23.3 Å². The van der Waals surface area contributed by atoms with Crippen LogP contribution in [0.5, 0.6) is 0 Å². The summed E-state index contributed by atoms with van der Waals surface area (Å²) in [5.41, 5.74) is 1.18. The Hall–Kier alpha value is -1.02. The summed E-state index contributed by atoms with van der Waals surface area (Å²) >= 11 is 0. The topological polar surface area (TPSA) is 17.8 Å². The molecule has 0 aliphatic rings. The predicted molar refractivity (Wildman–Crippen MR) is 48.0 cm³/mol. The third-order valence-electron chi connectivity index (χ3n) is 1.66. The van der Waals surface area contributed by atoms with Crippen LogP contribution in [-0.2, 0) is 7.05 Å². The van der Waals surface area contributed by atoms with Gasteiger partial charge in [-0.25, -0.2) is 0 Å². The van der Waals surface area contributed by atoms with Crippen molar-refractivity contribution in [3.63, 3.8) is 0 Å². The number of aromatic nitrogens is 2. The van der Waals surface area contributed by atoms with Crippen LogP contribution in [0.1, 0.15) is 0 Å². The van der Waals surface area contributed by atoms with E-state index >= 15 is 0 Å². The lowest BCUT2D eigenvalue weighted by atomic mass is 10.3. The summed E-state index contributed by atoms with van der Waals surface area (Å²) in [7, 11) is 1.95. The number of fused-ring (bicyclic) bond motifs is 1. The number of halogens is 1. The van der Waals surface area contributed by atoms with Crippen LogP contribution in [0.3, 0.4) is 0 Å². The van der Waals surface area contributed by atoms with Crippen molar-refractivity contribution < 1.29 is 0 Å². The van der Waals surface area contributed by atoms with Crippen molar-refractivity contribution in [2.45, 2.75) is 0 Å². The molecule has 0 amide bonds. The van der Waals surface area contributed by atoms with Crippen LogP contribution in [0, 0.1) is 0 Å². The van der Waals surface area contributed by atoms with E-state index in [0.717, 1.165) is 0 Å². The molecule has 2 rings (SSSR count). The molecule has 1 heterocycles. The minimum absolute atomic E-state index is 0. The van der Waals surface area contributed by atoms with Gasteiger partial charge in [-0.1, -0.05) is 18.2 Å². The molecule has 0 unspecified atom stereocenters. The molecule has 3 heteroatoms. The molecule has 0 radical (unpaired) electrons. The highest BCUT2D eigenvalue weighted by molar-refractivity contribution is 5.85. The third kappa shape index (κ3) is 1.21. The molecule has 58 valence electrons. The van der Waals surface area contributed by atoms with Crippen molar-refractivity contribution in [2.24, 2.45) is 7.05 Å². The van der Waals surface area contributed by atoms with E-state index in [1.807, 2.05) is 30.1 Å². The van der Waals surface area contributed by atoms with Gasteiger partial charge in [-0.05, 0) is 6.07 Å². The molecule has 1 aromatic carbocycles. The summed E-state index contributed by atoms with van der Waals surface area (Å²) in [5.74, 6) is 0. The van der Waals surface area contributed by atoms with Gasteiger partial charge in [0, 0.05) is 12.4 Å². The van der Waals surface area contributed by atoms with Crippen molar-refractivity contribution in [1.29, 1.82) is 0 Å². The van der Waals surface area contributed by atoms with E-state index in [0.29, 0.717) is 0 Å². The highest BCUT2D eigenvalue weighted by atomic mass is 35.5. The van der Waals surface area contributed by atoms with Crippen LogP contribution in [0.15, 0.2) is 30.5 Å². The molecule has 0 spiro atoms. The highest BCUT2D eigenvalue weighted by Crippen LogP contribution is 2.09. The fourth-order valence-corrected chi connectivity index (χ4v) is 1.10. The van der Waals surface area contributed by atoms with Gasteiger partial charge in [0.25, 0.3) is 0 Å². The van der Waals surface area contributed by atoms with Gasteiger partial charge >= 0.3 is 0 Å². The normalized spacial score (nSPS) is 9.55. The summed E-state index contributed by atoms with van der Waals surface area (Å²) in [4.78, 5) is 0. The zero-order chi connectivity index (χ0) is 6.97. The summed E-state index contributed by atoms with van der Waals surface area (Å²) in [6.07, 6.45) is 1.87. The number of aryl methyl sites for hydroxylation is 1. The lowest BCUT2D eigenvalue weighted by Gasteiger charge is -1.90. The van der Waals surface area contributed by atoms with E-state index in [2.05, 4.69) is 17.2 Å². The van der Waals surface area contributed by atoms with Gasteiger partial charge in [-0.15, -0.1) is 12.4 Å². The molecule has 0 saturated carbocycles. The molecule has 0 atom stereocenters. The number of hydrogen-bond acceptors (Lipinski definition) is 1.